The predicted octanol–water partition coefficient (Wildman–Crippen LogP) is 7.23. The third-order valence-corrected chi connectivity index (χ3v) is 11.4. The van der Waals surface area contributed by atoms with Gasteiger partial charge in [-0.3, -0.25) is 0 Å². The number of hydrogen-bond donors (Lipinski definition) is 0. The molecule has 4 aliphatic carbocycles. The van der Waals surface area contributed by atoms with Crippen molar-refractivity contribution < 1.29 is 9.47 Å². The molecule has 1 spiro atoms. The van der Waals surface area contributed by atoms with Crippen LogP contribution in [0.5, 0.6) is 0 Å². The third-order valence-electron chi connectivity index (χ3n) is 11.4. The van der Waals surface area contributed by atoms with Gasteiger partial charge in [0.15, 0.2) is 5.79 Å². The van der Waals surface area contributed by atoms with Crippen LogP contribution in [-0.2, 0) is 15.9 Å². The van der Waals surface area contributed by atoms with Crippen LogP contribution in [0.4, 0.5) is 0 Å². The highest BCUT2D eigenvalue weighted by molar-refractivity contribution is 5.39. The molecule has 3 nitrogen and oxygen atoms in total. The molecule has 1 heterocycles. The van der Waals surface area contributed by atoms with Crippen LogP contribution in [0, 0.1) is 45.3 Å². The highest BCUT2D eigenvalue weighted by Crippen LogP contribution is 2.70. The summed E-state index contributed by atoms with van der Waals surface area (Å²) in [5.41, 5.74) is 4.96. The molecule has 1 aromatic carbocycles. The predicted molar refractivity (Wildman–Crippen MR) is 134 cm³/mol. The Morgan fingerprint density at radius 1 is 1.00 bits per heavy atom. The summed E-state index contributed by atoms with van der Waals surface area (Å²) in [5, 5.41) is 10.6. The summed E-state index contributed by atoms with van der Waals surface area (Å²) < 4.78 is 12.2. The van der Waals surface area contributed by atoms with Gasteiger partial charge in [-0.2, -0.15) is 5.26 Å². The smallest absolute Gasteiger partial charge is 0.170 e. The Bertz CT molecular complexity index is 1020. The van der Waals surface area contributed by atoms with Gasteiger partial charge < -0.3 is 9.47 Å². The lowest BCUT2D eigenvalue weighted by Gasteiger charge is -2.59. The number of allylic oxidation sites excluding steroid dienone is 2. The standard InChI is InChI=1S/C31H41NO2/c1-22(19-23-7-5-4-6-8-23)25-9-10-26-24-11-14-30(21-32)20-31(33-17-18-34-31)16-15-29(30,3)27(24)12-13-28(25,26)2/h4-8,22,25-26H,9-20H2,1-3H3/t22-,25-,26+,28-,29-,30-/m1/s1. The highest BCUT2D eigenvalue weighted by atomic mass is 16.7. The van der Waals surface area contributed by atoms with Crippen molar-refractivity contribution in [1.29, 1.82) is 5.26 Å². The lowest BCUT2D eigenvalue weighted by atomic mass is 9.45. The van der Waals surface area contributed by atoms with Gasteiger partial charge in [0.2, 0.25) is 0 Å². The molecule has 0 unspecified atom stereocenters. The molecule has 2 saturated carbocycles. The Balaban J connectivity index is 1.29. The van der Waals surface area contributed by atoms with Gasteiger partial charge in [0, 0.05) is 18.3 Å². The van der Waals surface area contributed by atoms with Crippen LogP contribution in [0.3, 0.4) is 0 Å². The number of ether oxygens (including phenoxy) is 2. The zero-order valence-corrected chi connectivity index (χ0v) is 21.4. The van der Waals surface area contributed by atoms with E-state index < -0.39 is 5.79 Å². The van der Waals surface area contributed by atoms with Gasteiger partial charge in [-0.1, -0.05) is 62.2 Å². The molecule has 34 heavy (non-hydrogen) atoms. The molecular formula is C31H41NO2. The lowest BCUT2D eigenvalue weighted by Crippen LogP contribution is -2.55. The van der Waals surface area contributed by atoms with Crippen molar-refractivity contribution in [1.82, 2.24) is 0 Å². The van der Waals surface area contributed by atoms with Crippen LogP contribution >= 0.6 is 0 Å². The lowest BCUT2D eigenvalue weighted by molar-refractivity contribution is -0.217. The maximum absolute atomic E-state index is 10.6. The van der Waals surface area contributed by atoms with E-state index in [0.29, 0.717) is 30.5 Å². The van der Waals surface area contributed by atoms with Crippen LogP contribution in [0.25, 0.3) is 0 Å². The second-order valence-electron chi connectivity index (χ2n) is 12.7. The number of nitriles is 1. The molecule has 0 bridgehead atoms. The molecule has 1 aromatic rings. The second kappa shape index (κ2) is 7.94. The minimum absolute atomic E-state index is 0.0229. The Kier molecular flexibility index (Phi) is 5.33. The van der Waals surface area contributed by atoms with Crippen molar-refractivity contribution in [2.75, 3.05) is 13.2 Å². The number of benzene rings is 1. The van der Waals surface area contributed by atoms with E-state index in [4.69, 9.17) is 9.47 Å². The average Bonchev–Trinajstić information content (AvgIpc) is 3.44. The van der Waals surface area contributed by atoms with E-state index in [2.05, 4.69) is 57.2 Å². The maximum atomic E-state index is 10.6. The van der Waals surface area contributed by atoms with Crippen molar-refractivity contribution in [2.24, 2.45) is 34.0 Å². The van der Waals surface area contributed by atoms with Gasteiger partial charge in [-0.25, -0.2) is 0 Å². The van der Waals surface area contributed by atoms with Crippen molar-refractivity contribution in [3.05, 3.63) is 47.0 Å². The molecule has 0 radical (unpaired) electrons. The highest BCUT2D eigenvalue weighted by Gasteiger charge is 2.64. The van der Waals surface area contributed by atoms with Gasteiger partial charge in [-0.15, -0.1) is 0 Å². The summed E-state index contributed by atoms with van der Waals surface area (Å²) in [7, 11) is 0. The first-order valence-corrected chi connectivity index (χ1v) is 13.8. The van der Waals surface area contributed by atoms with E-state index in [1.165, 1.54) is 37.7 Å². The normalized spacial score (nSPS) is 41.5. The van der Waals surface area contributed by atoms with E-state index in [1.54, 1.807) is 11.1 Å². The molecule has 0 aromatic heterocycles. The summed E-state index contributed by atoms with van der Waals surface area (Å²) >= 11 is 0. The van der Waals surface area contributed by atoms with E-state index >= 15 is 0 Å². The first-order chi connectivity index (χ1) is 16.3. The average molecular weight is 460 g/mol. The molecule has 6 rings (SSSR count). The van der Waals surface area contributed by atoms with Gasteiger partial charge in [0.25, 0.3) is 0 Å². The molecule has 3 fully saturated rings. The quantitative estimate of drug-likeness (QED) is 0.448. The first kappa shape index (κ1) is 22.8. The molecular weight excluding hydrogens is 418 g/mol. The molecule has 6 atom stereocenters. The fourth-order valence-electron chi connectivity index (χ4n) is 9.52. The molecule has 5 aliphatic rings. The van der Waals surface area contributed by atoms with Crippen molar-refractivity contribution >= 4 is 0 Å². The number of hydrogen-bond acceptors (Lipinski definition) is 3. The molecule has 3 heteroatoms. The Morgan fingerprint density at radius 2 is 1.76 bits per heavy atom. The Hall–Kier alpha value is -1.63. The van der Waals surface area contributed by atoms with Crippen LogP contribution in [0.15, 0.2) is 41.5 Å². The monoisotopic (exact) mass is 459 g/mol. The minimum atomic E-state index is -0.498. The fraction of sp³-hybridized carbons (Fsp3) is 0.710. The first-order valence-electron chi connectivity index (χ1n) is 13.8. The van der Waals surface area contributed by atoms with Gasteiger partial charge >= 0.3 is 0 Å². The molecule has 182 valence electrons. The Morgan fingerprint density at radius 3 is 2.50 bits per heavy atom. The van der Waals surface area contributed by atoms with Gasteiger partial charge in [0.05, 0.1) is 24.7 Å². The summed E-state index contributed by atoms with van der Waals surface area (Å²) in [4.78, 5) is 0. The summed E-state index contributed by atoms with van der Waals surface area (Å²) in [5.74, 6) is 1.71. The largest absolute Gasteiger partial charge is 0.347 e. The van der Waals surface area contributed by atoms with Crippen molar-refractivity contribution in [2.45, 2.75) is 90.8 Å². The zero-order valence-electron chi connectivity index (χ0n) is 21.4. The molecule has 1 saturated heterocycles. The van der Waals surface area contributed by atoms with Crippen molar-refractivity contribution in [3.8, 4) is 6.07 Å². The topological polar surface area (TPSA) is 42.2 Å². The summed E-state index contributed by atoms with van der Waals surface area (Å²) in [6.07, 6.45) is 11.2. The summed E-state index contributed by atoms with van der Waals surface area (Å²) in [6, 6.07) is 13.9. The maximum Gasteiger partial charge on any atom is 0.170 e. The summed E-state index contributed by atoms with van der Waals surface area (Å²) in [6.45, 7) is 8.90. The van der Waals surface area contributed by atoms with E-state index in [9.17, 15) is 5.26 Å². The van der Waals surface area contributed by atoms with E-state index in [1.807, 2.05) is 0 Å². The van der Waals surface area contributed by atoms with E-state index in [0.717, 1.165) is 38.0 Å². The third kappa shape index (κ3) is 3.14. The number of rotatable bonds is 3. The SMILES string of the molecule is C[C@H](Cc1ccccc1)[C@H]1CC[C@H]2C3=C(CC[C@]12C)[C@@]1(C)CCC2(C[C@@]1(C#N)CC3)OCCO2. The fourth-order valence-corrected chi connectivity index (χ4v) is 9.52. The minimum Gasteiger partial charge on any atom is -0.347 e. The van der Waals surface area contributed by atoms with Crippen LogP contribution in [0.1, 0.15) is 84.1 Å². The second-order valence-corrected chi connectivity index (χ2v) is 12.7. The van der Waals surface area contributed by atoms with Gasteiger partial charge in [-0.05, 0) is 80.1 Å². The van der Waals surface area contributed by atoms with Crippen LogP contribution in [0.2, 0.25) is 0 Å². The van der Waals surface area contributed by atoms with Crippen LogP contribution < -0.4 is 0 Å². The molecule has 0 amide bonds. The molecule has 1 aliphatic heterocycles. The van der Waals surface area contributed by atoms with Gasteiger partial charge in [0.1, 0.15) is 0 Å². The van der Waals surface area contributed by atoms with Crippen molar-refractivity contribution in [3.63, 3.8) is 0 Å². The number of nitrogens with zero attached hydrogens (tertiary/aromatic N) is 1. The van der Waals surface area contributed by atoms with E-state index in [-0.39, 0.29) is 10.8 Å². The Labute approximate surface area is 205 Å². The van der Waals surface area contributed by atoms with Crippen LogP contribution in [-0.4, -0.2) is 19.0 Å². The molecule has 0 N–H and O–H groups in total. The number of fused-ring (bicyclic) bond motifs is 4. The zero-order chi connectivity index (χ0) is 23.6.